The predicted octanol–water partition coefficient (Wildman–Crippen LogP) is 4.78. The Morgan fingerprint density at radius 3 is 2.70 bits per heavy atom. The number of ether oxygens (including phenoxy) is 1. The van der Waals surface area contributed by atoms with E-state index in [0.29, 0.717) is 27.8 Å². The van der Waals surface area contributed by atoms with Crippen molar-refractivity contribution in [3.05, 3.63) is 77.6 Å². The normalized spacial score (nSPS) is 10.6. The van der Waals surface area contributed by atoms with Crippen LogP contribution in [0.3, 0.4) is 0 Å². The number of aryl methyl sites for hydroxylation is 1. The van der Waals surface area contributed by atoms with E-state index >= 15 is 0 Å². The molecule has 0 aliphatic heterocycles. The van der Waals surface area contributed by atoms with Crippen molar-refractivity contribution in [3.63, 3.8) is 0 Å². The number of rotatable bonds is 6. The van der Waals surface area contributed by atoms with E-state index in [2.05, 4.69) is 20.4 Å². The molecule has 0 radical (unpaired) electrons. The van der Waals surface area contributed by atoms with E-state index < -0.39 is 0 Å². The fraction of sp³-hybridized carbons (Fsp3) is 0.0909. The molecule has 1 N–H and O–H groups in total. The summed E-state index contributed by atoms with van der Waals surface area (Å²) >= 11 is 6.05. The molecule has 8 heteroatoms. The van der Waals surface area contributed by atoms with E-state index in [9.17, 15) is 4.79 Å². The molecule has 0 spiro atoms. The first kappa shape index (κ1) is 19.6. The third-order valence-electron chi connectivity index (χ3n) is 4.22. The van der Waals surface area contributed by atoms with Crippen molar-refractivity contribution in [1.82, 2.24) is 15.1 Å². The first-order valence-corrected chi connectivity index (χ1v) is 9.51. The van der Waals surface area contributed by atoms with E-state index in [4.69, 9.17) is 20.9 Å². The number of hydrogen-bond donors (Lipinski definition) is 1. The lowest BCUT2D eigenvalue weighted by atomic mass is 10.1. The zero-order valence-electron chi connectivity index (χ0n) is 16.0. The Kier molecular flexibility index (Phi) is 5.72. The van der Waals surface area contributed by atoms with Crippen molar-refractivity contribution in [3.8, 4) is 28.6 Å². The highest BCUT2D eigenvalue weighted by atomic mass is 35.5. The average molecular weight is 421 g/mol. The largest absolute Gasteiger partial charge is 0.482 e. The number of carbonyl (C=O) groups is 1. The van der Waals surface area contributed by atoms with Crippen LogP contribution in [0, 0.1) is 6.92 Å². The van der Waals surface area contributed by atoms with Crippen LogP contribution in [0.2, 0.25) is 5.02 Å². The Balaban J connectivity index is 1.49. The monoisotopic (exact) mass is 420 g/mol. The molecule has 30 heavy (non-hydrogen) atoms. The number of anilines is 1. The maximum absolute atomic E-state index is 12.4. The fourth-order valence-corrected chi connectivity index (χ4v) is 2.91. The number of nitrogens with zero attached hydrogens (tertiary/aromatic N) is 3. The number of aromatic nitrogens is 3. The van der Waals surface area contributed by atoms with Gasteiger partial charge in [-0.1, -0.05) is 41.0 Å². The minimum atomic E-state index is -0.343. The number of benzene rings is 2. The quantitative estimate of drug-likeness (QED) is 0.483. The molecule has 0 aliphatic carbocycles. The van der Waals surface area contributed by atoms with Crippen LogP contribution in [0.5, 0.6) is 5.75 Å². The zero-order chi connectivity index (χ0) is 20.9. The minimum absolute atomic E-state index is 0.192. The van der Waals surface area contributed by atoms with E-state index in [0.717, 1.165) is 11.3 Å². The molecular weight excluding hydrogens is 404 g/mol. The fourth-order valence-electron chi connectivity index (χ4n) is 2.72. The van der Waals surface area contributed by atoms with Gasteiger partial charge in [0.2, 0.25) is 5.82 Å². The first-order valence-electron chi connectivity index (χ1n) is 9.13. The standard InChI is InChI=1S/C22H17ClN4O3/c1-14-10-11-15(12-24-14)21-26-22(30-27-21)16-6-2-4-8-18(16)25-20(28)13-29-19-9-5-3-7-17(19)23/h2-12H,13H2,1H3,(H,25,28). The molecule has 2 heterocycles. The molecule has 0 atom stereocenters. The molecule has 0 unspecified atom stereocenters. The molecular formula is C22H17ClN4O3. The van der Waals surface area contributed by atoms with Crippen LogP contribution in [0.4, 0.5) is 5.69 Å². The van der Waals surface area contributed by atoms with Gasteiger partial charge in [0, 0.05) is 17.5 Å². The highest BCUT2D eigenvalue weighted by Gasteiger charge is 2.16. The van der Waals surface area contributed by atoms with Crippen LogP contribution < -0.4 is 10.1 Å². The van der Waals surface area contributed by atoms with Crippen LogP contribution in [-0.4, -0.2) is 27.6 Å². The van der Waals surface area contributed by atoms with Crippen LogP contribution in [-0.2, 0) is 4.79 Å². The molecule has 0 saturated heterocycles. The van der Waals surface area contributed by atoms with Gasteiger partial charge in [-0.2, -0.15) is 4.98 Å². The Morgan fingerprint density at radius 1 is 1.10 bits per heavy atom. The highest BCUT2D eigenvalue weighted by molar-refractivity contribution is 6.32. The van der Waals surface area contributed by atoms with Crippen molar-refractivity contribution in [2.24, 2.45) is 0 Å². The maximum atomic E-state index is 12.4. The number of amides is 1. The van der Waals surface area contributed by atoms with Gasteiger partial charge in [-0.05, 0) is 43.3 Å². The molecule has 4 rings (SSSR count). The molecule has 150 valence electrons. The third kappa shape index (κ3) is 4.47. The molecule has 2 aromatic heterocycles. The molecule has 0 fully saturated rings. The lowest BCUT2D eigenvalue weighted by Gasteiger charge is -2.10. The van der Waals surface area contributed by atoms with E-state index in [-0.39, 0.29) is 18.4 Å². The van der Waals surface area contributed by atoms with Gasteiger partial charge in [-0.15, -0.1) is 0 Å². The molecule has 7 nitrogen and oxygen atoms in total. The van der Waals surface area contributed by atoms with Crippen LogP contribution in [0.15, 0.2) is 71.4 Å². The van der Waals surface area contributed by atoms with Crippen LogP contribution >= 0.6 is 11.6 Å². The number of halogens is 1. The van der Waals surface area contributed by atoms with Gasteiger partial charge >= 0.3 is 0 Å². The molecule has 1 amide bonds. The third-order valence-corrected chi connectivity index (χ3v) is 4.53. The SMILES string of the molecule is Cc1ccc(-c2noc(-c3ccccc3NC(=O)COc3ccccc3Cl)n2)cn1. The second-order valence-electron chi connectivity index (χ2n) is 6.42. The maximum Gasteiger partial charge on any atom is 0.262 e. The predicted molar refractivity (Wildman–Crippen MR) is 113 cm³/mol. The highest BCUT2D eigenvalue weighted by Crippen LogP contribution is 2.28. The summed E-state index contributed by atoms with van der Waals surface area (Å²) in [7, 11) is 0. The summed E-state index contributed by atoms with van der Waals surface area (Å²) in [6.45, 7) is 1.71. The van der Waals surface area contributed by atoms with Crippen molar-refractivity contribution in [2.75, 3.05) is 11.9 Å². The van der Waals surface area contributed by atoms with E-state index in [1.165, 1.54) is 0 Å². The van der Waals surface area contributed by atoms with Gasteiger partial charge < -0.3 is 14.6 Å². The van der Waals surface area contributed by atoms with Gasteiger partial charge in [0.15, 0.2) is 6.61 Å². The van der Waals surface area contributed by atoms with Crippen molar-refractivity contribution in [2.45, 2.75) is 6.92 Å². The summed E-state index contributed by atoms with van der Waals surface area (Å²) in [5.41, 5.74) is 2.77. The van der Waals surface area contributed by atoms with Crippen LogP contribution in [0.1, 0.15) is 5.69 Å². The van der Waals surface area contributed by atoms with Crippen LogP contribution in [0.25, 0.3) is 22.8 Å². The Labute approximate surface area is 177 Å². The number of nitrogens with one attached hydrogen (secondary N) is 1. The second kappa shape index (κ2) is 8.75. The summed E-state index contributed by atoms with van der Waals surface area (Å²) in [6.07, 6.45) is 1.68. The van der Waals surface area contributed by atoms with Gasteiger partial charge in [0.05, 0.1) is 16.3 Å². The number of para-hydroxylation sites is 2. The molecule has 0 aliphatic rings. The smallest absolute Gasteiger partial charge is 0.262 e. The van der Waals surface area contributed by atoms with Crippen molar-refractivity contribution < 1.29 is 14.1 Å². The van der Waals surface area contributed by atoms with E-state index in [1.807, 2.05) is 25.1 Å². The van der Waals surface area contributed by atoms with Crippen molar-refractivity contribution in [1.29, 1.82) is 0 Å². The zero-order valence-corrected chi connectivity index (χ0v) is 16.8. The lowest BCUT2D eigenvalue weighted by Crippen LogP contribution is -2.20. The number of hydrogen-bond acceptors (Lipinski definition) is 6. The Morgan fingerprint density at radius 2 is 1.90 bits per heavy atom. The molecule has 0 bridgehead atoms. The Hall–Kier alpha value is -3.71. The second-order valence-corrected chi connectivity index (χ2v) is 6.83. The lowest BCUT2D eigenvalue weighted by molar-refractivity contribution is -0.118. The average Bonchev–Trinajstić information content (AvgIpc) is 3.24. The molecule has 4 aromatic rings. The van der Waals surface area contributed by atoms with E-state index in [1.54, 1.807) is 48.7 Å². The molecule has 2 aromatic carbocycles. The number of pyridine rings is 1. The van der Waals surface area contributed by atoms with Gasteiger partial charge in [0.1, 0.15) is 5.75 Å². The topological polar surface area (TPSA) is 90.1 Å². The van der Waals surface area contributed by atoms with Gasteiger partial charge in [-0.3, -0.25) is 9.78 Å². The van der Waals surface area contributed by atoms with Gasteiger partial charge in [0.25, 0.3) is 11.8 Å². The van der Waals surface area contributed by atoms with Crippen molar-refractivity contribution >= 4 is 23.2 Å². The summed E-state index contributed by atoms with van der Waals surface area (Å²) in [5, 5.41) is 7.27. The molecule has 0 saturated carbocycles. The summed E-state index contributed by atoms with van der Waals surface area (Å²) < 4.78 is 10.9. The summed E-state index contributed by atoms with van der Waals surface area (Å²) in [5.74, 6) is 0.801. The Bertz CT molecular complexity index is 1170. The number of carbonyl (C=O) groups excluding carboxylic acids is 1. The van der Waals surface area contributed by atoms with Gasteiger partial charge in [-0.25, -0.2) is 0 Å². The summed E-state index contributed by atoms with van der Waals surface area (Å²) in [4.78, 5) is 21.1. The summed E-state index contributed by atoms with van der Waals surface area (Å²) in [6, 6.07) is 17.9. The first-order chi connectivity index (χ1) is 14.6. The minimum Gasteiger partial charge on any atom is -0.482 e.